The summed E-state index contributed by atoms with van der Waals surface area (Å²) in [4.78, 5) is 11.2. The van der Waals surface area contributed by atoms with Gasteiger partial charge in [-0.1, -0.05) is 27.4 Å². The molecular weight excluding hydrogens is 200 g/mol. The molecule has 2 bridgehead atoms. The number of rotatable bonds is 3. The highest BCUT2D eigenvalue weighted by molar-refractivity contribution is 5.81. The monoisotopic (exact) mass is 222 g/mol. The molecule has 0 radical (unpaired) electrons. The van der Waals surface area contributed by atoms with E-state index in [2.05, 4.69) is 27.4 Å². The van der Waals surface area contributed by atoms with Gasteiger partial charge in [0, 0.05) is 11.5 Å². The van der Waals surface area contributed by atoms with Crippen molar-refractivity contribution < 1.29 is 9.53 Å². The van der Waals surface area contributed by atoms with E-state index < -0.39 is 0 Å². The van der Waals surface area contributed by atoms with Crippen molar-refractivity contribution in [3.8, 4) is 0 Å². The average Bonchev–Trinajstić information content (AvgIpc) is 2.26. The zero-order valence-electron chi connectivity index (χ0n) is 10.6. The molecule has 0 spiro atoms. The predicted molar refractivity (Wildman–Crippen MR) is 63.9 cm³/mol. The summed E-state index contributed by atoms with van der Waals surface area (Å²) in [5.74, 6) is 1.20. The molecule has 0 saturated heterocycles. The van der Waals surface area contributed by atoms with E-state index in [1.165, 1.54) is 25.3 Å². The minimum atomic E-state index is -0.286. The first-order chi connectivity index (χ1) is 7.44. The highest BCUT2D eigenvalue weighted by Crippen LogP contribution is 2.69. The molecule has 0 amide bonds. The molecule has 3 fully saturated rings. The third kappa shape index (κ3) is 1.35. The van der Waals surface area contributed by atoms with Crippen LogP contribution in [0.15, 0.2) is 12.7 Å². The van der Waals surface area contributed by atoms with Crippen molar-refractivity contribution >= 4 is 5.97 Å². The summed E-state index contributed by atoms with van der Waals surface area (Å²) in [6.07, 6.45) is 5.10. The Kier molecular flexibility index (Phi) is 2.64. The van der Waals surface area contributed by atoms with Gasteiger partial charge in [0.2, 0.25) is 0 Å². The quantitative estimate of drug-likeness (QED) is 0.541. The topological polar surface area (TPSA) is 26.3 Å². The molecule has 0 aromatic heterocycles. The van der Waals surface area contributed by atoms with Gasteiger partial charge in [0.25, 0.3) is 0 Å². The van der Waals surface area contributed by atoms with E-state index in [9.17, 15) is 4.79 Å². The van der Waals surface area contributed by atoms with Gasteiger partial charge in [-0.05, 0) is 36.5 Å². The highest BCUT2D eigenvalue weighted by atomic mass is 16.5. The first-order valence-corrected chi connectivity index (χ1v) is 6.23. The second-order valence-electron chi connectivity index (χ2n) is 6.07. The van der Waals surface area contributed by atoms with Crippen LogP contribution in [0.3, 0.4) is 0 Å². The summed E-state index contributed by atoms with van der Waals surface area (Å²) in [6, 6.07) is 0. The van der Waals surface area contributed by atoms with E-state index in [0.29, 0.717) is 17.9 Å². The molecule has 90 valence electrons. The maximum absolute atomic E-state index is 11.2. The molecule has 2 heteroatoms. The molecule has 3 saturated carbocycles. The summed E-state index contributed by atoms with van der Waals surface area (Å²) >= 11 is 0. The van der Waals surface area contributed by atoms with Crippen molar-refractivity contribution in [3.05, 3.63) is 12.7 Å². The molecule has 0 heterocycles. The largest absolute Gasteiger partial charge is 0.462 e. The smallest absolute Gasteiger partial charge is 0.330 e. The molecule has 3 atom stereocenters. The minimum absolute atomic E-state index is 0.217. The van der Waals surface area contributed by atoms with Gasteiger partial charge in [0.15, 0.2) is 0 Å². The van der Waals surface area contributed by atoms with Crippen LogP contribution in [0.2, 0.25) is 0 Å². The van der Waals surface area contributed by atoms with Gasteiger partial charge >= 0.3 is 5.97 Å². The van der Waals surface area contributed by atoms with E-state index in [1.807, 2.05) is 0 Å². The first-order valence-electron chi connectivity index (χ1n) is 6.23. The first kappa shape index (κ1) is 11.7. The van der Waals surface area contributed by atoms with Crippen LogP contribution >= 0.6 is 0 Å². The molecule has 2 nitrogen and oxygen atoms in total. The maximum atomic E-state index is 11.2. The van der Waals surface area contributed by atoms with Gasteiger partial charge < -0.3 is 4.74 Å². The highest BCUT2D eigenvalue weighted by Gasteiger charge is 2.64. The Bertz CT molecular complexity index is 319. The third-order valence-electron chi connectivity index (χ3n) is 5.44. The number of hydrogen-bond acceptors (Lipinski definition) is 2. The van der Waals surface area contributed by atoms with E-state index in [1.54, 1.807) is 0 Å². The molecule has 3 aliphatic rings. The second kappa shape index (κ2) is 3.61. The number of ether oxygens (including phenoxy) is 1. The fourth-order valence-corrected chi connectivity index (χ4v) is 3.91. The fourth-order valence-electron chi connectivity index (χ4n) is 3.91. The predicted octanol–water partition coefficient (Wildman–Crippen LogP) is 3.18. The summed E-state index contributed by atoms with van der Waals surface area (Å²) in [6.45, 7) is 11.0. The van der Waals surface area contributed by atoms with Crippen LogP contribution in [-0.2, 0) is 9.53 Å². The number of carbonyl (C=O) groups excluding carboxylic acids is 1. The van der Waals surface area contributed by atoms with Crippen LogP contribution in [0.1, 0.15) is 40.0 Å². The second-order valence-corrected chi connectivity index (χ2v) is 6.07. The Balaban J connectivity index is 2.10. The van der Waals surface area contributed by atoms with E-state index >= 15 is 0 Å². The molecule has 16 heavy (non-hydrogen) atoms. The lowest BCUT2D eigenvalue weighted by Gasteiger charge is -2.68. The van der Waals surface area contributed by atoms with Crippen molar-refractivity contribution in [1.29, 1.82) is 0 Å². The van der Waals surface area contributed by atoms with Gasteiger partial charge in [-0.2, -0.15) is 0 Å². The Morgan fingerprint density at radius 3 is 2.69 bits per heavy atom. The van der Waals surface area contributed by atoms with Crippen LogP contribution in [0, 0.1) is 22.7 Å². The molecule has 3 unspecified atom stereocenters. The molecular formula is C14H22O2. The molecule has 0 aromatic rings. The van der Waals surface area contributed by atoms with Crippen molar-refractivity contribution in [2.75, 3.05) is 6.61 Å². The fraction of sp³-hybridized carbons (Fsp3) is 0.786. The van der Waals surface area contributed by atoms with Crippen molar-refractivity contribution in [1.82, 2.24) is 0 Å². The molecule has 3 aliphatic carbocycles. The lowest BCUT2D eigenvalue weighted by molar-refractivity contribution is -0.221. The molecule has 3 rings (SSSR count). The zero-order chi connectivity index (χ0) is 12.0. The SMILES string of the molecule is C=CC(=O)OCC12CC(CCC1C)C2(C)C. The Labute approximate surface area is 98.1 Å². The Morgan fingerprint density at radius 2 is 2.19 bits per heavy atom. The van der Waals surface area contributed by atoms with Crippen molar-refractivity contribution in [2.45, 2.75) is 40.0 Å². The van der Waals surface area contributed by atoms with Crippen LogP contribution in [0.25, 0.3) is 0 Å². The minimum Gasteiger partial charge on any atom is -0.462 e. The number of carbonyl (C=O) groups is 1. The summed E-state index contributed by atoms with van der Waals surface area (Å²) in [5, 5.41) is 0. The summed E-state index contributed by atoms with van der Waals surface area (Å²) in [7, 11) is 0. The number of hydrogen-bond donors (Lipinski definition) is 0. The van der Waals surface area contributed by atoms with Crippen LogP contribution in [-0.4, -0.2) is 12.6 Å². The zero-order valence-corrected chi connectivity index (χ0v) is 10.6. The van der Waals surface area contributed by atoms with Gasteiger partial charge in [-0.3, -0.25) is 0 Å². The van der Waals surface area contributed by atoms with Gasteiger partial charge in [0.1, 0.15) is 0 Å². The van der Waals surface area contributed by atoms with Gasteiger partial charge in [0.05, 0.1) is 6.61 Å². The van der Waals surface area contributed by atoms with Crippen LogP contribution < -0.4 is 0 Å². The standard InChI is InChI=1S/C14H22O2/c1-5-12(15)16-9-14-8-11(13(14,3)4)7-6-10(14)2/h5,10-11H,1,6-9H2,2-4H3. The lowest BCUT2D eigenvalue weighted by Crippen LogP contribution is -2.63. The van der Waals surface area contributed by atoms with Gasteiger partial charge in [-0.15, -0.1) is 0 Å². The Hall–Kier alpha value is -0.790. The van der Waals surface area contributed by atoms with Gasteiger partial charge in [-0.25, -0.2) is 4.79 Å². The summed E-state index contributed by atoms with van der Waals surface area (Å²) < 4.78 is 5.32. The number of esters is 1. The molecule has 0 N–H and O–H groups in total. The normalized spacial score (nSPS) is 39.7. The summed E-state index contributed by atoms with van der Waals surface area (Å²) in [5.41, 5.74) is 0.542. The van der Waals surface area contributed by atoms with E-state index in [4.69, 9.17) is 4.74 Å². The van der Waals surface area contributed by atoms with Crippen molar-refractivity contribution in [3.63, 3.8) is 0 Å². The van der Waals surface area contributed by atoms with Crippen LogP contribution in [0.4, 0.5) is 0 Å². The lowest BCUT2D eigenvalue weighted by atomic mass is 9.37. The molecule has 0 aromatic carbocycles. The Morgan fingerprint density at radius 1 is 1.50 bits per heavy atom. The van der Waals surface area contributed by atoms with Crippen LogP contribution in [0.5, 0.6) is 0 Å². The molecule has 0 aliphatic heterocycles. The average molecular weight is 222 g/mol. The van der Waals surface area contributed by atoms with E-state index in [0.717, 1.165) is 5.92 Å². The van der Waals surface area contributed by atoms with E-state index in [-0.39, 0.29) is 11.4 Å². The van der Waals surface area contributed by atoms with Crippen molar-refractivity contribution in [2.24, 2.45) is 22.7 Å². The maximum Gasteiger partial charge on any atom is 0.330 e. The number of fused-ring (bicyclic) bond motifs is 2. The third-order valence-corrected chi connectivity index (χ3v) is 5.44.